The Morgan fingerprint density at radius 1 is 1.23 bits per heavy atom. The topological polar surface area (TPSA) is 92.3 Å². The van der Waals surface area contributed by atoms with Gasteiger partial charge in [0.1, 0.15) is 0 Å². The van der Waals surface area contributed by atoms with Gasteiger partial charge in [-0.05, 0) is 42.1 Å². The van der Waals surface area contributed by atoms with Crippen molar-refractivity contribution in [1.29, 1.82) is 0 Å². The first kappa shape index (κ1) is 22.2. The predicted molar refractivity (Wildman–Crippen MR) is 104 cm³/mol. The van der Waals surface area contributed by atoms with Crippen molar-refractivity contribution in [2.24, 2.45) is 0 Å². The van der Waals surface area contributed by atoms with Crippen molar-refractivity contribution < 1.29 is 24.6 Å². The van der Waals surface area contributed by atoms with Crippen LogP contribution in [0.2, 0.25) is 6.32 Å². The minimum absolute atomic E-state index is 0. The number of halogens is 1. The standard InChI is InChI=1S/C18H22BNO4.ClH.H2O/c1-3-6-23-18-8-13(4-5-17(18)22-2)14-7-15(11-20-10-14)16-9-19(21)24-12-16;;/h4-5,7-8,10-11,16,21H,3,6,9,12H2,1-2H3;1H;1H2. The van der Waals surface area contributed by atoms with E-state index in [0.717, 1.165) is 34.6 Å². The maximum atomic E-state index is 9.55. The minimum Gasteiger partial charge on any atom is -0.493 e. The van der Waals surface area contributed by atoms with Gasteiger partial charge in [0.2, 0.25) is 0 Å². The summed E-state index contributed by atoms with van der Waals surface area (Å²) in [4.78, 5) is 4.36. The van der Waals surface area contributed by atoms with Crippen LogP contribution in [-0.2, 0) is 4.65 Å². The van der Waals surface area contributed by atoms with Crippen molar-refractivity contribution in [1.82, 2.24) is 4.98 Å². The molecule has 1 unspecified atom stereocenters. The Hall–Kier alpha value is -1.80. The highest BCUT2D eigenvalue weighted by Gasteiger charge is 2.30. The van der Waals surface area contributed by atoms with E-state index >= 15 is 0 Å². The largest absolute Gasteiger partial charge is 0.493 e. The number of hydrogen-bond donors (Lipinski definition) is 1. The first-order valence-electron chi connectivity index (χ1n) is 8.27. The fourth-order valence-corrected chi connectivity index (χ4v) is 2.86. The molecule has 6 nitrogen and oxygen atoms in total. The number of pyridine rings is 1. The first-order chi connectivity index (χ1) is 11.7. The molecule has 2 aromatic rings. The van der Waals surface area contributed by atoms with Crippen LogP contribution in [0.15, 0.2) is 36.7 Å². The maximum absolute atomic E-state index is 9.55. The van der Waals surface area contributed by atoms with E-state index in [2.05, 4.69) is 18.0 Å². The van der Waals surface area contributed by atoms with Gasteiger partial charge in [0.25, 0.3) is 0 Å². The third kappa shape index (κ3) is 5.11. The molecule has 0 saturated carbocycles. The van der Waals surface area contributed by atoms with E-state index in [1.54, 1.807) is 7.11 Å². The van der Waals surface area contributed by atoms with Crippen LogP contribution in [0.1, 0.15) is 24.8 Å². The molecule has 0 aliphatic carbocycles. The molecule has 2 heterocycles. The second-order valence-electron chi connectivity index (χ2n) is 5.94. The lowest BCUT2D eigenvalue weighted by molar-refractivity contribution is 0.292. The Kier molecular flexibility index (Phi) is 8.88. The molecule has 1 atom stereocenters. The fraction of sp³-hybridized carbons (Fsp3) is 0.389. The van der Waals surface area contributed by atoms with Gasteiger partial charge in [-0.2, -0.15) is 0 Å². The summed E-state index contributed by atoms with van der Waals surface area (Å²) in [7, 11) is 0.968. The zero-order valence-corrected chi connectivity index (χ0v) is 15.8. The van der Waals surface area contributed by atoms with Gasteiger partial charge in [0.05, 0.1) is 13.7 Å². The highest BCUT2D eigenvalue weighted by atomic mass is 35.5. The zero-order chi connectivity index (χ0) is 16.9. The molecule has 0 amide bonds. The molecule has 0 bridgehead atoms. The lowest BCUT2D eigenvalue weighted by atomic mass is 9.80. The van der Waals surface area contributed by atoms with E-state index in [-0.39, 0.29) is 23.8 Å². The Balaban J connectivity index is 0.00000169. The van der Waals surface area contributed by atoms with E-state index in [4.69, 9.17) is 14.1 Å². The quantitative estimate of drug-likeness (QED) is 0.777. The first-order valence-corrected chi connectivity index (χ1v) is 8.27. The average Bonchev–Trinajstić information content (AvgIpc) is 3.06. The summed E-state index contributed by atoms with van der Waals surface area (Å²) in [6, 6.07) is 7.99. The monoisotopic (exact) mass is 381 g/mol. The molecular formula is C18H25BClNO5. The number of ether oxygens (including phenoxy) is 2. The summed E-state index contributed by atoms with van der Waals surface area (Å²) in [5.41, 5.74) is 3.12. The smallest absolute Gasteiger partial charge is 0.454 e. The molecule has 3 N–H and O–H groups in total. The summed E-state index contributed by atoms with van der Waals surface area (Å²) in [5.74, 6) is 1.65. The molecule has 1 aromatic carbocycles. The molecule has 1 aliphatic rings. The SMILES string of the molecule is CCCOc1cc(-c2cncc(C3COB(O)C3)c2)ccc1OC.Cl.O. The molecule has 3 rings (SSSR count). The van der Waals surface area contributed by atoms with Gasteiger partial charge in [0, 0.05) is 30.5 Å². The average molecular weight is 382 g/mol. The lowest BCUT2D eigenvalue weighted by Gasteiger charge is -2.13. The summed E-state index contributed by atoms with van der Waals surface area (Å²) in [6.45, 7) is 3.25. The van der Waals surface area contributed by atoms with Crippen molar-refractivity contribution in [2.45, 2.75) is 25.6 Å². The van der Waals surface area contributed by atoms with Crippen molar-refractivity contribution in [3.05, 3.63) is 42.2 Å². The van der Waals surface area contributed by atoms with Crippen LogP contribution in [0.25, 0.3) is 11.1 Å². The van der Waals surface area contributed by atoms with Crippen LogP contribution in [0.5, 0.6) is 11.5 Å². The van der Waals surface area contributed by atoms with Gasteiger partial charge in [-0.3, -0.25) is 4.98 Å². The second-order valence-corrected chi connectivity index (χ2v) is 5.94. The molecule has 1 fully saturated rings. The summed E-state index contributed by atoms with van der Waals surface area (Å²) in [5, 5.41) is 9.55. The molecule has 1 aromatic heterocycles. The Morgan fingerprint density at radius 2 is 2.04 bits per heavy atom. The third-order valence-corrected chi connectivity index (χ3v) is 4.17. The maximum Gasteiger partial charge on any atom is 0.454 e. The number of rotatable bonds is 6. The number of methoxy groups -OCH3 is 1. The number of nitrogens with zero attached hydrogens (tertiary/aromatic N) is 1. The van der Waals surface area contributed by atoms with Crippen molar-refractivity contribution in [2.75, 3.05) is 20.3 Å². The van der Waals surface area contributed by atoms with E-state index < -0.39 is 7.12 Å². The molecular weight excluding hydrogens is 356 g/mol. The normalized spacial score (nSPS) is 15.8. The Labute approximate surface area is 160 Å². The van der Waals surface area contributed by atoms with Gasteiger partial charge in [0.15, 0.2) is 11.5 Å². The number of hydrogen-bond acceptors (Lipinski definition) is 5. The van der Waals surface area contributed by atoms with Gasteiger partial charge in [-0.25, -0.2) is 0 Å². The lowest BCUT2D eigenvalue weighted by Crippen LogP contribution is -2.07. The van der Waals surface area contributed by atoms with Gasteiger partial charge >= 0.3 is 7.12 Å². The summed E-state index contributed by atoms with van der Waals surface area (Å²) in [6.07, 6.45) is 5.22. The van der Waals surface area contributed by atoms with Crippen molar-refractivity contribution in [3.63, 3.8) is 0 Å². The van der Waals surface area contributed by atoms with Crippen molar-refractivity contribution in [3.8, 4) is 22.6 Å². The van der Waals surface area contributed by atoms with E-state index in [9.17, 15) is 5.02 Å². The molecule has 0 radical (unpaired) electrons. The number of aromatic nitrogens is 1. The van der Waals surface area contributed by atoms with Crippen molar-refractivity contribution >= 4 is 19.5 Å². The van der Waals surface area contributed by atoms with Crippen LogP contribution in [0.3, 0.4) is 0 Å². The second kappa shape index (κ2) is 10.4. The molecule has 26 heavy (non-hydrogen) atoms. The highest BCUT2D eigenvalue weighted by molar-refractivity contribution is 6.43. The van der Waals surface area contributed by atoms with E-state index in [1.165, 1.54) is 0 Å². The minimum atomic E-state index is -0.673. The predicted octanol–water partition coefficient (Wildman–Crippen LogP) is 2.74. The number of benzene rings is 1. The van der Waals surface area contributed by atoms with Crippen LogP contribution in [0.4, 0.5) is 0 Å². The van der Waals surface area contributed by atoms with Crippen LogP contribution >= 0.6 is 12.4 Å². The fourth-order valence-electron chi connectivity index (χ4n) is 2.86. The van der Waals surface area contributed by atoms with Gasteiger partial charge < -0.3 is 24.6 Å². The van der Waals surface area contributed by atoms with Gasteiger partial charge in [-0.1, -0.05) is 13.0 Å². The van der Waals surface area contributed by atoms with Crippen LogP contribution < -0.4 is 9.47 Å². The van der Waals surface area contributed by atoms with E-state index in [0.29, 0.717) is 19.5 Å². The molecule has 142 valence electrons. The third-order valence-electron chi connectivity index (χ3n) is 4.17. The Bertz CT molecular complexity index is 703. The van der Waals surface area contributed by atoms with Gasteiger partial charge in [-0.15, -0.1) is 12.4 Å². The highest BCUT2D eigenvalue weighted by Crippen LogP contribution is 2.34. The van der Waals surface area contributed by atoms with Crippen LogP contribution in [-0.4, -0.2) is 42.9 Å². The summed E-state index contributed by atoms with van der Waals surface area (Å²) >= 11 is 0. The Morgan fingerprint density at radius 3 is 2.69 bits per heavy atom. The zero-order valence-electron chi connectivity index (χ0n) is 15.0. The van der Waals surface area contributed by atoms with Crippen LogP contribution in [0, 0.1) is 0 Å². The summed E-state index contributed by atoms with van der Waals surface area (Å²) < 4.78 is 16.4. The van der Waals surface area contributed by atoms with E-state index in [1.807, 2.05) is 30.6 Å². The molecule has 1 saturated heterocycles. The molecule has 1 aliphatic heterocycles. The molecule has 8 heteroatoms. The molecule has 0 spiro atoms.